The Kier molecular flexibility index (Phi) is 17.4. The number of nitrogens with zero attached hydrogens (tertiary/aromatic N) is 5. The van der Waals surface area contributed by atoms with E-state index in [1.165, 1.54) is 0 Å². The van der Waals surface area contributed by atoms with Gasteiger partial charge in [-0.15, -0.1) is 0 Å². The number of aromatic nitrogens is 3. The number of benzene rings is 3. The van der Waals surface area contributed by atoms with Gasteiger partial charge >= 0.3 is 0 Å². The normalized spacial score (nSPS) is 23.8. The molecule has 3 aromatic carbocycles. The van der Waals surface area contributed by atoms with E-state index in [-0.39, 0.29) is 30.8 Å². The molecule has 8 N–H and O–H groups in total. The summed E-state index contributed by atoms with van der Waals surface area (Å²) in [6, 6.07) is 24.0. The largest absolute Gasteiger partial charge is 0.394 e. The van der Waals surface area contributed by atoms with Crippen molar-refractivity contribution in [3.05, 3.63) is 124 Å². The smallest absolute Gasteiger partial charge is 0.239 e. The first-order chi connectivity index (χ1) is 32.9. The molecule has 1 aliphatic carbocycles. The Morgan fingerprint density at radius 1 is 0.928 bits per heavy atom. The number of β-amino-alcohol motifs (C(OH)–C–C–N with tert-alkyl or cyclic N) is 1. The van der Waals surface area contributed by atoms with E-state index >= 15 is 0 Å². The number of piperazine rings is 1. The van der Waals surface area contributed by atoms with Crippen molar-refractivity contribution in [2.45, 2.75) is 121 Å². The van der Waals surface area contributed by atoms with Gasteiger partial charge in [0.1, 0.15) is 24.4 Å². The highest BCUT2D eigenvalue weighted by atomic mass is 35.5. The minimum Gasteiger partial charge on any atom is -0.394 e. The third-order valence-electron chi connectivity index (χ3n) is 12.6. The quantitative estimate of drug-likeness (QED) is 0.0719. The van der Waals surface area contributed by atoms with Gasteiger partial charge in [0.25, 0.3) is 0 Å². The number of nitrogens with one attached hydrogen (secondary N) is 3. The van der Waals surface area contributed by atoms with Gasteiger partial charge in [-0.05, 0) is 87.9 Å². The van der Waals surface area contributed by atoms with Crippen molar-refractivity contribution in [1.29, 1.82) is 0 Å². The zero-order valence-corrected chi connectivity index (χ0v) is 41.3. The van der Waals surface area contributed by atoms with Crippen molar-refractivity contribution in [2.24, 2.45) is 5.92 Å². The number of hydrogen-bond acceptors (Lipinski definition) is 13. The predicted octanol–water partition coefficient (Wildman–Crippen LogP) is 4.64. The van der Waals surface area contributed by atoms with E-state index in [1.807, 2.05) is 108 Å². The highest BCUT2D eigenvalue weighted by Gasteiger charge is 2.45. The van der Waals surface area contributed by atoms with Crippen molar-refractivity contribution in [2.75, 3.05) is 38.1 Å². The minimum absolute atomic E-state index is 0.0712. The number of rotatable bonds is 15. The number of aliphatic hydroxyl groups excluding tert-OH is 5. The van der Waals surface area contributed by atoms with Crippen molar-refractivity contribution >= 4 is 52.0 Å². The maximum Gasteiger partial charge on any atom is 0.239 e. The zero-order valence-electron chi connectivity index (χ0n) is 39.8. The number of fused-ring (bicyclic) bond motifs is 2. The summed E-state index contributed by atoms with van der Waals surface area (Å²) in [7, 11) is 0. The molecule has 8 rings (SSSR count). The average molecular weight is 990 g/mol. The van der Waals surface area contributed by atoms with Crippen LogP contribution in [0, 0.1) is 5.92 Å². The number of hydrogen-bond donors (Lipinski definition) is 8. The first kappa shape index (κ1) is 52.1. The summed E-state index contributed by atoms with van der Waals surface area (Å²) in [4.78, 5) is 40.4. The van der Waals surface area contributed by atoms with Crippen LogP contribution in [0.2, 0.25) is 10.0 Å². The van der Waals surface area contributed by atoms with Gasteiger partial charge in [-0.25, -0.2) is 4.98 Å². The summed E-state index contributed by atoms with van der Waals surface area (Å²) < 4.78 is 7.26. The van der Waals surface area contributed by atoms with Gasteiger partial charge in [0.2, 0.25) is 17.8 Å². The SMILES string of the molecule is CC(C)(C)NC(=O)[C@@H]1CN(Cc2cccnc2)CCN1C[C@@H](O)C[C@@H](Cc1ccccc1)C(=O)N[C@H]1c2ccccc2C[C@H]1O.CC(C)Nc1nc2cc(Cl)c(Cl)cc2n1[C@H]1O[C@@H](CO)[C@H](O)[C@@H]1O. The highest BCUT2D eigenvalue weighted by Crippen LogP contribution is 2.38. The number of ether oxygens (including phenoxy) is 1. The molecule has 2 saturated heterocycles. The molecule has 2 amide bonds. The van der Waals surface area contributed by atoms with E-state index in [0.717, 1.165) is 28.8 Å². The third kappa shape index (κ3) is 13.2. The van der Waals surface area contributed by atoms with Crippen LogP contribution in [0.15, 0.2) is 91.3 Å². The second-order valence-electron chi connectivity index (χ2n) is 19.7. The lowest BCUT2D eigenvalue weighted by molar-refractivity contribution is -0.132. The van der Waals surface area contributed by atoms with E-state index < -0.39 is 66.9 Å². The number of imidazole rings is 1. The summed E-state index contributed by atoms with van der Waals surface area (Å²) >= 11 is 12.2. The van der Waals surface area contributed by atoms with Crippen molar-refractivity contribution < 1.29 is 39.9 Å². The Bertz CT molecular complexity index is 2490. The minimum atomic E-state index is -1.22. The first-order valence-corrected chi connectivity index (χ1v) is 24.4. The monoisotopic (exact) mass is 988 g/mol. The number of carbonyl (C=O) groups excluding carboxylic acids is 2. The van der Waals surface area contributed by atoms with Crippen LogP contribution in [-0.2, 0) is 33.7 Å². The van der Waals surface area contributed by atoms with Gasteiger partial charge in [0.05, 0.1) is 45.9 Å². The van der Waals surface area contributed by atoms with Gasteiger partial charge < -0.3 is 46.2 Å². The Morgan fingerprint density at radius 3 is 2.32 bits per heavy atom. The van der Waals surface area contributed by atoms with Crippen molar-refractivity contribution in [1.82, 2.24) is 35.0 Å². The van der Waals surface area contributed by atoms with Crippen LogP contribution in [0.4, 0.5) is 5.95 Å². The highest BCUT2D eigenvalue weighted by molar-refractivity contribution is 6.42. The van der Waals surface area contributed by atoms with E-state index in [9.17, 15) is 35.1 Å². The van der Waals surface area contributed by atoms with E-state index in [4.69, 9.17) is 27.9 Å². The molecule has 2 aromatic heterocycles. The Morgan fingerprint density at radius 2 is 1.64 bits per heavy atom. The van der Waals surface area contributed by atoms with Crippen LogP contribution < -0.4 is 16.0 Å². The van der Waals surface area contributed by atoms with Crippen molar-refractivity contribution in [3.8, 4) is 0 Å². The second-order valence-corrected chi connectivity index (χ2v) is 20.5. The maximum absolute atomic E-state index is 13.8. The van der Waals surface area contributed by atoms with Crippen LogP contribution >= 0.6 is 23.2 Å². The molecule has 0 spiro atoms. The van der Waals surface area contributed by atoms with Gasteiger partial charge in [0.15, 0.2) is 6.23 Å². The van der Waals surface area contributed by atoms with Gasteiger partial charge in [-0.1, -0.05) is 83.9 Å². The number of halogens is 2. The van der Waals surface area contributed by atoms with E-state index in [0.29, 0.717) is 59.5 Å². The molecule has 2 aliphatic heterocycles. The molecule has 16 nitrogen and oxygen atoms in total. The number of pyridine rings is 1. The molecular formula is C51H66Cl2N8O8. The number of anilines is 1. The third-order valence-corrected chi connectivity index (χ3v) is 13.3. The molecular weight excluding hydrogens is 924 g/mol. The number of amides is 2. The maximum atomic E-state index is 13.8. The zero-order chi connectivity index (χ0) is 49.6. The van der Waals surface area contributed by atoms with E-state index in [1.54, 1.807) is 22.9 Å². The summed E-state index contributed by atoms with van der Waals surface area (Å²) in [5.74, 6) is -0.329. The van der Waals surface area contributed by atoms with Crippen molar-refractivity contribution in [3.63, 3.8) is 0 Å². The molecule has 372 valence electrons. The Balaban J connectivity index is 0.000000246. The predicted molar refractivity (Wildman–Crippen MR) is 266 cm³/mol. The number of carbonyl (C=O) groups is 2. The number of aliphatic hydroxyl groups is 5. The van der Waals surface area contributed by atoms with E-state index in [2.05, 4.69) is 35.7 Å². The summed E-state index contributed by atoms with van der Waals surface area (Å²) in [5.41, 5.74) is 4.85. The lowest BCUT2D eigenvalue weighted by atomic mass is 9.91. The Labute approximate surface area is 413 Å². The molecule has 0 saturated carbocycles. The van der Waals surface area contributed by atoms with Gasteiger partial charge in [-0.3, -0.25) is 28.9 Å². The topological polar surface area (TPSA) is 218 Å². The fourth-order valence-electron chi connectivity index (χ4n) is 9.37. The summed E-state index contributed by atoms with van der Waals surface area (Å²) in [6.07, 6.45) is -0.956. The fourth-order valence-corrected chi connectivity index (χ4v) is 9.68. The molecule has 4 heterocycles. The molecule has 0 bridgehead atoms. The van der Waals surface area contributed by atoms with Gasteiger partial charge in [0, 0.05) is 69.0 Å². The summed E-state index contributed by atoms with van der Waals surface area (Å²) in [5, 5.41) is 62.1. The van der Waals surface area contributed by atoms with Crippen LogP contribution in [-0.4, -0.2) is 143 Å². The fraction of sp³-hybridized carbons (Fsp3) is 0.490. The molecule has 18 heteroatoms. The molecule has 2 fully saturated rings. The Hall–Kier alpha value is -4.72. The second kappa shape index (κ2) is 23.0. The van der Waals surface area contributed by atoms with Gasteiger partial charge in [-0.2, -0.15) is 0 Å². The molecule has 0 radical (unpaired) electrons. The van der Waals surface area contributed by atoms with Crippen LogP contribution in [0.3, 0.4) is 0 Å². The molecule has 5 aromatic rings. The summed E-state index contributed by atoms with van der Waals surface area (Å²) in [6.45, 7) is 12.2. The standard InChI is InChI=1S/C36H47N5O4.C15H19Cl2N3O4/c1-36(2,3)39-35(45)31-24-40(22-26-12-9-15-37-21-26)16-17-41(31)23-29(42)19-28(18-25-10-5-4-6-11-25)34(44)38-33-30-14-8-7-13-27(30)20-32(33)43;1-6(2)18-15-19-9-3-7(16)8(17)4-10(9)20(15)14-13(23)12(22)11(5-21)24-14/h4-15,21,28-29,31-33,42-43H,16-20,22-24H2,1-3H3,(H,38,44)(H,39,45);3-4,6,11-14,21-23H,5H2,1-2H3,(H,18,19)/t28-,29+,31+,32-,33+;11-,12-,13-,14-/m10/s1. The van der Waals surface area contributed by atoms with Crippen LogP contribution in [0.1, 0.15) is 75.6 Å². The first-order valence-electron chi connectivity index (χ1n) is 23.6. The molecule has 69 heavy (non-hydrogen) atoms. The molecule has 3 aliphatic rings. The molecule has 0 unspecified atom stereocenters. The lowest BCUT2D eigenvalue weighted by Crippen LogP contribution is -2.61. The average Bonchev–Trinajstić information content (AvgIpc) is 3.91. The van der Waals surface area contributed by atoms with Crippen LogP contribution in [0.25, 0.3) is 11.0 Å². The molecule has 9 atom stereocenters. The van der Waals surface area contributed by atoms with Crippen LogP contribution in [0.5, 0.6) is 0 Å². The lowest BCUT2D eigenvalue weighted by Gasteiger charge is -2.42.